The minimum atomic E-state index is 0.0650. The number of aryl methyl sites for hydroxylation is 2. The summed E-state index contributed by atoms with van der Waals surface area (Å²) >= 11 is 7.73. The maximum atomic E-state index is 12.8. The highest BCUT2D eigenvalue weighted by molar-refractivity contribution is 7.97. The smallest absolute Gasteiger partial charge is 0.253 e. The van der Waals surface area contributed by atoms with Crippen LogP contribution in [0.15, 0.2) is 65.6 Å². The molecule has 0 unspecified atom stereocenters. The summed E-state index contributed by atoms with van der Waals surface area (Å²) in [6.07, 6.45) is 0. The molecule has 0 N–H and O–H groups in total. The third-order valence-electron chi connectivity index (χ3n) is 5.33. The lowest BCUT2D eigenvalue weighted by atomic mass is 10.1. The van der Waals surface area contributed by atoms with Gasteiger partial charge in [-0.25, -0.2) is 4.31 Å². The molecule has 4 rings (SSSR count). The molecule has 1 saturated heterocycles. The molecule has 7 heteroatoms. The lowest BCUT2D eigenvalue weighted by molar-refractivity contribution is 0.0703. The van der Waals surface area contributed by atoms with Crippen LogP contribution < -0.4 is 4.74 Å². The van der Waals surface area contributed by atoms with Gasteiger partial charge in [0.15, 0.2) is 0 Å². The highest BCUT2D eigenvalue weighted by Gasteiger charge is 2.24. The Morgan fingerprint density at radius 1 is 1.00 bits per heavy atom. The molecule has 0 aliphatic carbocycles. The van der Waals surface area contributed by atoms with Gasteiger partial charge in [-0.15, -0.1) is 0 Å². The van der Waals surface area contributed by atoms with Crippen LogP contribution in [0.3, 0.4) is 0 Å². The first-order chi connectivity index (χ1) is 15.9. The summed E-state index contributed by atoms with van der Waals surface area (Å²) in [6, 6.07) is 20.9. The lowest BCUT2D eigenvalue weighted by Crippen LogP contribution is -2.46. The molecule has 1 fully saturated rings. The summed E-state index contributed by atoms with van der Waals surface area (Å²) in [5.74, 6) is 1.38. The van der Waals surface area contributed by atoms with Crippen molar-refractivity contribution < 1.29 is 9.53 Å². The number of nitriles is 1. The lowest BCUT2D eigenvalue weighted by Gasteiger charge is -2.34. The standard InChI is InChI=1S/C26H24ClN3O2S/c1-18-4-3-5-21(12-18)26(31)29-8-10-30(11-9-29)33-25-15-20(17-28)6-7-24(25)32-23-14-19(2)13-22(27)16-23/h3-7,12-16H,8-11H2,1-2H3. The van der Waals surface area contributed by atoms with Crippen molar-refractivity contribution in [2.75, 3.05) is 26.2 Å². The van der Waals surface area contributed by atoms with Crippen LogP contribution in [0.25, 0.3) is 0 Å². The van der Waals surface area contributed by atoms with Gasteiger partial charge in [0.1, 0.15) is 11.5 Å². The maximum Gasteiger partial charge on any atom is 0.253 e. The van der Waals surface area contributed by atoms with E-state index in [0.29, 0.717) is 48.3 Å². The number of amides is 1. The number of hydrogen-bond acceptors (Lipinski definition) is 5. The highest BCUT2D eigenvalue weighted by Crippen LogP contribution is 2.37. The van der Waals surface area contributed by atoms with E-state index in [1.54, 1.807) is 24.1 Å². The number of hydrogen-bond donors (Lipinski definition) is 0. The number of benzene rings is 3. The second kappa shape index (κ2) is 10.3. The fraction of sp³-hybridized carbons (Fsp3) is 0.231. The third-order valence-corrected chi connectivity index (χ3v) is 6.69. The Balaban J connectivity index is 1.45. The van der Waals surface area contributed by atoms with Crippen LogP contribution in [0.4, 0.5) is 0 Å². The summed E-state index contributed by atoms with van der Waals surface area (Å²) in [5, 5.41) is 9.98. The van der Waals surface area contributed by atoms with E-state index in [1.807, 2.05) is 67.3 Å². The number of halogens is 1. The van der Waals surface area contributed by atoms with Crippen molar-refractivity contribution in [1.82, 2.24) is 9.21 Å². The monoisotopic (exact) mass is 477 g/mol. The van der Waals surface area contributed by atoms with Crippen LogP contribution in [-0.4, -0.2) is 41.3 Å². The summed E-state index contributed by atoms with van der Waals surface area (Å²) in [5.41, 5.74) is 3.38. The minimum Gasteiger partial charge on any atom is -0.456 e. The third kappa shape index (κ3) is 5.88. The normalized spacial score (nSPS) is 14.1. The molecule has 1 aliphatic rings. The van der Waals surface area contributed by atoms with Gasteiger partial charge in [0.25, 0.3) is 5.91 Å². The van der Waals surface area contributed by atoms with Gasteiger partial charge in [0, 0.05) is 36.8 Å². The highest BCUT2D eigenvalue weighted by atomic mass is 35.5. The van der Waals surface area contributed by atoms with Crippen molar-refractivity contribution in [3.05, 3.63) is 87.9 Å². The van der Waals surface area contributed by atoms with Gasteiger partial charge in [-0.1, -0.05) is 29.3 Å². The van der Waals surface area contributed by atoms with Crippen LogP contribution in [0, 0.1) is 25.2 Å². The minimum absolute atomic E-state index is 0.0650. The predicted octanol–water partition coefficient (Wildman–Crippen LogP) is 6.09. The Morgan fingerprint density at radius 3 is 2.48 bits per heavy atom. The number of nitrogens with zero attached hydrogens (tertiary/aromatic N) is 3. The van der Waals surface area contributed by atoms with Crippen molar-refractivity contribution in [2.24, 2.45) is 0 Å². The molecule has 5 nitrogen and oxygen atoms in total. The number of carbonyl (C=O) groups is 1. The van der Waals surface area contributed by atoms with Gasteiger partial charge in [0.05, 0.1) is 16.5 Å². The Hall–Kier alpha value is -2.98. The first kappa shape index (κ1) is 23.2. The summed E-state index contributed by atoms with van der Waals surface area (Å²) in [6.45, 7) is 6.67. The van der Waals surface area contributed by atoms with E-state index in [-0.39, 0.29) is 5.91 Å². The quantitative estimate of drug-likeness (QED) is 0.416. The van der Waals surface area contributed by atoms with E-state index in [4.69, 9.17) is 16.3 Å². The van der Waals surface area contributed by atoms with Crippen molar-refractivity contribution in [2.45, 2.75) is 18.7 Å². The van der Waals surface area contributed by atoms with Crippen molar-refractivity contribution >= 4 is 29.5 Å². The van der Waals surface area contributed by atoms with Crippen LogP contribution in [0.1, 0.15) is 27.0 Å². The predicted molar refractivity (Wildman–Crippen MR) is 132 cm³/mol. The van der Waals surface area contributed by atoms with Gasteiger partial charge in [-0.05, 0) is 79.9 Å². The van der Waals surface area contributed by atoms with Crippen LogP contribution >= 0.6 is 23.5 Å². The second-order valence-corrected chi connectivity index (χ2v) is 9.60. The largest absolute Gasteiger partial charge is 0.456 e. The van der Waals surface area contributed by atoms with Crippen LogP contribution in [0.2, 0.25) is 5.02 Å². The molecule has 0 bridgehead atoms. The maximum absolute atomic E-state index is 12.8. The Labute approximate surface area is 203 Å². The molecule has 0 saturated carbocycles. The number of rotatable bonds is 5. The molecule has 1 aliphatic heterocycles. The molecule has 1 heterocycles. The van der Waals surface area contributed by atoms with E-state index in [2.05, 4.69) is 10.4 Å². The summed E-state index contributed by atoms with van der Waals surface area (Å²) in [4.78, 5) is 15.6. The number of ether oxygens (including phenoxy) is 1. The first-order valence-corrected chi connectivity index (χ1v) is 11.8. The summed E-state index contributed by atoms with van der Waals surface area (Å²) < 4.78 is 8.34. The van der Waals surface area contributed by atoms with E-state index < -0.39 is 0 Å². The zero-order chi connectivity index (χ0) is 23.4. The van der Waals surface area contributed by atoms with Gasteiger partial charge in [-0.3, -0.25) is 4.79 Å². The number of piperazine rings is 1. The molecule has 0 aromatic heterocycles. The average Bonchev–Trinajstić information content (AvgIpc) is 2.79. The number of carbonyl (C=O) groups excluding carboxylic acids is 1. The van der Waals surface area contributed by atoms with Gasteiger partial charge >= 0.3 is 0 Å². The van der Waals surface area contributed by atoms with Gasteiger partial charge in [-0.2, -0.15) is 5.26 Å². The van der Waals surface area contributed by atoms with Gasteiger partial charge < -0.3 is 9.64 Å². The summed E-state index contributed by atoms with van der Waals surface area (Å²) in [7, 11) is 0. The molecule has 0 spiro atoms. The van der Waals surface area contributed by atoms with E-state index in [0.717, 1.165) is 21.6 Å². The fourth-order valence-corrected chi connectivity index (χ4v) is 4.99. The average molecular weight is 478 g/mol. The zero-order valence-electron chi connectivity index (χ0n) is 18.5. The van der Waals surface area contributed by atoms with Crippen LogP contribution in [0.5, 0.6) is 11.5 Å². The van der Waals surface area contributed by atoms with Gasteiger partial charge in [0.2, 0.25) is 0 Å². The molecule has 0 atom stereocenters. The van der Waals surface area contributed by atoms with Crippen molar-refractivity contribution in [3.63, 3.8) is 0 Å². The van der Waals surface area contributed by atoms with E-state index >= 15 is 0 Å². The molecule has 1 amide bonds. The molecule has 33 heavy (non-hydrogen) atoms. The SMILES string of the molecule is Cc1cc(Cl)cc(Oc2ccc(C#N)cc2SN2CCN(C(=O)c3cccc(C)c3)CC2)c1. The van der Waals surface area contributed by atoms with Crippen molar-refractivity contribution in [1.29, 1.82) is 5.26 Å². The molecular weight excluding hydrogens is 454 g/mol. The Kier molecular flexibility index (Phi) is 7.24. The molecule has 0 radical (unpaired) electrons. The zero-order valence-corrected chi connectivity index (χ0v) is 20.1. The Bertz CT molecular complexity index is 1200. The fourth-order valence-electron chi connectivity index (χ4n) is 3.70. The molecule has 3 aromatic carbocycles. The van der Waals surface area contributed by atoms with E-state index in [1.165, 1.54) is 0 Å². The molecule has 168 valence electrons. The van der Waals surface area contributed by atoms with E-state index in [9.17, 15) is 10.1 Å². The van der Waals surface area contributed by atoms with Crippen molar-refractivity contribution in [3.8, 4) is 17.6 Å². The topological polar surface area (TPSA) is 56.6 Å². The first-order valence-electron chi connectivity index (χ1n) is 10.7. The Morgan fingerprint density at radius 2 is 1.79 bits per heavy atom. The molecular formula is C26H24ClN3O2S. The van der Waals surface area contributed by atoms with Crippen LogP contribution in [-0.2, 0) is 0 Å². The second-order valence-electron chi connectivity index (χ2n) is 8.02. The molecule has 3 aromatic rings.